The van der Waals surface area contributed by atoms with Crippen molar-refractivity contribution in [2.24, 2.45) is 0 Å². The highest BCUT2D eigenvalue weighted by Crippen LogP contribution is 2.47. The number of hydrogen-bond donors (Lipinski definition) is 0. The van der Waals surface area contributed by atoms with Crippen LogP contribution < -0.4 is 0 Å². The predicted octanol–water partition coefficient (Wildman–Crippen LogP) is 4.29. The van der Waals surface area contributed by atoms with E-state index in [9.17, 15) is 71.1 Å². The van der Waals surface area contributed by atoms with Crippen molar-refractivity contribution in [3.63, 3.8) is 0 Å². The summed E-state index contributed by atoms with van der Waals surface area (Å²) in [5.41, 5.74) is 0. The van der Waals surface area contributed by atoms with Crippen molar-refractivity contribution in [2.75, 3.05) is 13.3 Å². The summed E-state index contributed by atoms with van der Waals surface area (Å²) in [5.74, 6) is -31.1. The van der Waals surface area contributed by atoms with Gasteiger partial charge >= 0.3 is 47.8 Å². The van der Waals surface area contributed by atoms with Gasteiger partial charge in [-0.15, -0.1) is 0 Å². The number of hydrogen-bond acceptors (Lipinski definition) is 4. The van der Waals surface area contributed by atoms with E-state index in [0.717, 1.165) is 0 Å². The normalized spacial score (nSPS) is 14.7. The molecule has 0 saturated carbocycles. The Hall–Kier alpha value is -2.30. The zero-order valence-electron chi connectivity index (χ0n) is 13.5. The number of carbonyl (C=O) groups excluding carboxylic acids is 2. The molecule has 0 fully saturated rings. The Morgan fingerprint density at radius 2 is 0.800 bits per heavy atom. The molecule has 0 aliphatic carbocycles. The minimum absolute atomic E-state index is 0.818. The molecular formula is C12H6F14O4. The molecule has 30 heavy (non-hydrogen) atoms. The van der Waals surface area contributed by atoms with Gasteiger partial charge in [0, 0.05) is 12.2 Å². The van der Waals surface area contributed by atoms with Crippen LogP contribution >= 0.6 is 0 Å². The molecule has 0 aromatic heterocycles. The molecular weight excluding hydrogens is 474 g/mol. The van der Waals surface area contributed by atoms with Crippen LogP contribution in [0.1, 0.15) is 0 Å². The van der Waals surface area contributed by atoms with Crippen LogP contribution in [-0.2, 0) is 19.1 Å². The van der Waals surface area contributed by atoms with Crippen LogP contribution in [0.4, 0.5) is 61.5 Å². The van der Waals surface area contributed by atoms with E-state index in [1.54, 1.807) is 0 Å². The lowest BCUT2D eigenvalue weighted by atomic mass is 10.1. The summed E-state index contributed by atoms with van der Waals surface area (Å²) in [6.07, 6.45) is -14.5. The standard InChI is InChI=1S/C12H6F14O4/c13-3-7(15,16)9(19,20)11(23,24)29-5(27)1-2-6(28)30-12(25,26)10(21,22)8(17,18)4-14/h1-2H,3-4H2/b2-1+. The van der Waals surface area contributed by atoms with Gasteiger partial charge in [-0.05, 0) is 0 Å². The summed E-state index contributed by atoms with van der Waals surface area (Å²) in [6, 6.07) is 0. The lowest BCUT2D eigenvalue weighted by Gasteiger charge is -2.30. The molecule has 0 unspecified atom stereocenters. The van der Waals surface area contributed by atoms with E-state index in [1.807, 2.05) is 0 Å². The van der Waals surface area contributed by atoms with Gasteiger partial charge in [0.25, 0.3) is 0 Å². The molecule has 0 aliphatic rings. The topological polar surface area (TPSA) is 52.6 Å². The fourth-order valence-electron chi connectivity index (χ4n) is 1.18. The minimum atomic E-state index is -6.65. The van der Waals surface area contributed by atoms with Crippen LogP contribution in [-0.4, -0.2) is 61.2 Å². The largest absolute Gasteiger partial charge is 0.473 e. The molecule has 0 rings (SSSR count). The first-order valence-electron chi connectivity index (χ1n) is 6.64. The van der Waals surface area contributed by atoms with Crippen molar-refractivity contribution in [3.05, 3.63) is 12.2 Å². The van der Waals surface area contributed by atoms with Gasteiger partial charge < -0.3 is 9.47 Å². The number of alkyl halides is 14. The summed E-state index contributed by atoms with van der Waals surface area (Å²) in [6.45, 7) is -6.69. The molecule has 18 heteroatoms. The third-order valence-corrected chi connectivity index (χ3v) is 2.80. The summed E-state index contributed by atoms with van der Waals surface area (Å²) < 4.78 is 182. The Balaban J connectivity index is 5.32. The smallest absolute Gasteiger partial charge is 0.393 e. The second-order valence-electron chi connectivity index (χ2n) is 5.03. The second-order valence-corrected chi connectivity index (χ2v) is 5.03. The van der Waals surface area contributed by atoms with E-state index in [0.29, 0.717) is 0 Å². The highest BCUT2D eigenvalue weighted by Gasteiger charge is 2.75. The Kier molecular flexibility index (Phi) is 7.80. The molecule has 0 saturated heterocycles. The number of ether oxygens (including phenoxy) is 2. The maximum Gasteiger partial charge on any atom is 0.473 e. The van der Waals surface area contributed by atoms with Crippen molar-refractivity contribution in [1.29, 1.82) is 0 Å². The van der Waals surface area contributed by atoms with Gasteiger partial charge in [-0.2, -0.15) is 52.7 Å². The van der Waals surface area contributed by atoms with Gasteiger partial charge in [-0.1, -0.05) is 0 Å². The average Bonchev–Trinajstić information content (AvgIpc) is 2.58. The molecule has 176 valence electrons. The third-order valence-electron chi connectivity index (χ3n) is 2.80. The van der Waals surface area contributed by atoms with Crippen LogP contribution in [0.15, 0.2) is 12.2 Å². The molecule has 0 spiro atoms. The zero-order valence-corrected chi connectivity index (χ0v) is 13.5. The Labute approximate surface area is 155 Å². The molecule has 0 aromatic carbocycles. The minimum Gasteiger partial charge on any atom is -0.393 e. The van der Waals surface area contributed by atoms with E-state index >= 15 is 0 Å². The maximum atomic E-state index is 12.9. The summed E-state index contributed by atoms with van der Waals surface area (Å²) >= 11 is 0. The lowest BCUT2D eigenvalue weighted by molar-refractivity contribution is -0.385. The highest BCUT2D eigenvalue weighted by molar-refractivity contribution is 5.91. The van der Waals surface area contributed by atoms with E-state index in [1.165, 1.54) is 0 Å². The van der Waals surface area contributed by atoms with Gasteiger partial charge in [-0.3, -0.25) is 0 Å². The monoisotopic (exact) mass is 480 g/mol. The number of carbonyl (C=O) groups is 2. The molecule has 0 atom stereocenters. The molecule has 0 radical (unpaired) electrons. The molecule has 4 nitrogen and oxygen atoms in total. The summed E-state index contributed by atoms with van der Waals surface area (Å²) in [5, 5.41) is 0. The Bertz CT molecular complexity index is 616. The van der Waals surface area contributed by atoms with Crippen LogP contribution in [0.5, 0.6) is 0 Å². The lowest BCUT2D eigenvalue weighted by Crippen LogP contribution is -2.57. The van der Waals surface area contributed by atoms with Gasteiger partial charge in [0.2, 0.25) is 0 Å². The number of halogens is 14. The van der Waals surface area contributed by atoms with E-state index in [4.69, 9.17) is 0 Å². The molecule has 0 aliphatic heterocycles. The maximum absolute atomic E-state index is 12.9. The SMILES string of the molecule is O=C(/C=C/C(=O)OC(F)(F)C(F)(F)C(F)(F)CF)OC(F)(F)C(F)(F)C(F)(F)CF. The van der Waals surface area contributed by atoms with Crippen LogP contribution in [0.25, 0.3) is 0 Å². The Morgan fingerprint density at radius 1 is 0.567 bits per heavy atom. The second kappa shape index (κ2) is 8.44. The fourth-order valence-corrected chi connectivity index (χ4v) is 1.18. The van der Waals surface area contributed by atoms with Crippen molar-refractivity contribution >= 4 is 11.9 Å². The van der Waals surface area contributed by atoms with Crippen LogP contribution in [0.3, 0.4) is 0 Å². The van der Waals surface area contributed by atoms with Gasteiger partial charge in [0.05, 0.1) is 0 Å². The fraction of sp³-hybridized carbons (Fsp3) is 0.667. The van der Waals surface area contributed by atoms with E-state index in [-0.39, 0.29) is 0 Å². The molecule has 0 aromatic rings. The third kappa shape index (κ3) is 5.24. The van der Waals surface area contributed by atoms with E-state index < -0.39 is 73.3 Å². The Morgan fingerprint density at radius 3 is 1.00 bits per heavy atom. The molecule has 0 bridgehead atoms. The quantitative estimate of drug-likeness (QED) is 0.266. The van der Waals surface area contributed by atoms with Crippen molar-refractivity contribution in [2.45, 2.75) is 35.9 Å². The van der Waals surface area contributed by atoms with E-state index in [2.05, 4.69) is 9.47 Å². The zero-order chi connectivity index (χ0) is 24.4. The number of esters is 2. The van der Waals surface area contributed by atoms with Crippen molar-refractivity contribution in [3.8, 4) is 0 Å². The van der Waals surface area contributed by atoms with Crippen molar-refractivity contribution < 1.29 is 80.5 Å². The van der Waals surface area contributed by atoms with Crippen molar-refractivity contribution in [1.82, 2.24) is 0 Å². The first-order chi connectivity index (χ1) is 13.1. The van der Waals surface area contributed by atoms with Gasteiger partial charge in [0.15, 0.2) is 13.3 Å². The van der Waals surface area contributed by atoms with Gasteiger partial charge in [-0.25, -0.2) is 18.4 Å². The molecule has 0 N–H and O–H groups in total. The first kappa shape index (κ1) is 27.7. The van der Waals surface area contributed by atoms with Crippen LogP contribution in [0.2, 0.25) is 0 Å². The summed E-state index contributed by atoms with van der Waals surface area (Å²) in [7, 11) is 0. The average molecular weight is 480 g/mol. The first-order valence-corrected chi connectivity index (χ1v) is 6.64. The van der Waals surface area contributed by atoms with Crippen LogP contribution in [0, 0.1) is 0 Å². The molecule has 0 amide bonds. The number of rotatable bonds is 10. The highest BCUT2D eigenvalue weighted by atomic mass is 19.4. The van der Waals surface area contributed by atoms with Gasteiger partial charge in [0.1, 0.15) is 0 Å². The molecule has 0 heterocycles. The summed E-state index contributed by atoms with van der Waals surface area (Å²) in [4.78, 5) is 21.6. The predicted molar refractivity (Wildman–Crippen MR) is 63.0 cm³/mol.